The highest BCUT2D eigenvalue weighted by Crippen LogP contribution is 2.20. The Morgan fingerprint density at radius 1 is 1.35 bits per heavy atom. The van der Waals surface area contributed by atoms with Crippen LogP contribution in [0.15, 0.2) is 24.3 Å². The predicted octanol–water partition coefficient (Wildman–Crippen LogP) is 1.80. The van der Waals surface area contributed by atoms with Gasteiger partial charge in [0.05, 0.1) is 7.11 Å². The molecule has 0 saturated heterocycles. The standard InChI is InChI=1S/C16H21N5O2/c1-23-14-9-5-6-12(10-14)16-18-20-21(19-16)11-15(22)17-13-7-3-2-4-8-13/h5-6,9-10,13H,2-4,7-8,11H2,1H3,(H,17,22). The lowest BCUT2D eigenvalue weighted by atomic mass is 9.95. The molecule has 2 aromatic rings. The minimum absolute atomic E-state index is 0.0634. The molecule has 0 atom stereocenters. The lowest BCUT2D eigenvalue weighted by molar-refractivity contribution is -0.123. The predicted molar refractivity (Wildman–Crippen MR) is 84.8 cm³/mol. The zero-order valence-electron chi connectivity index (χ0n) is 13.2. The molecule has 1 amide bonds. The maximum absolute atomic E-state index is 12.1. The summed E-state index contributed by atoms with van der Waals surface area (Å²) in [5, 5.41) is 15.3. The smallest absolute Gasteiger partial charge is 0.243 e. The van der Waals surface area contributed by atoms with Crippen molar-refractivity contribution in [3.63, 3.8) is 0 Å². The van der Waals surface area contributed by atoms with Gasteiger partial charge in [-0.25, -0.2) is 0 Å². The van der Waals surface area contributed by atoms with Crippen molar-refractivity contribution in [3.8, 4) is 17.1 Å². The van der Waals surface area contributed by atoms with Gasteiger partial charge in [0.15, 0.2) is 0 Å². The van der Waals surface area contributed by atoms with Crippen LogP contribution in [0.3, 0.4) is 0 Å². The van der Waals surface area contributed by atoms with E-state index in [1.54, 1.807) is 7.11 Å². The van der Waals surface area contributed by atoms with E-state index in [0.717, 1.165) is 24.2 Å². The Hall–Kier alpha value is -2.44. The van der Waals surface area contributed by atoms with Crippen molar-refractivity contribution < 1.29 is 9.53 Å². The first-order chi connectivity index (χ1) is 11.2. The molecular formula is C16H21N5O2. The molecule has 1 fully saturated rings. The van der Waals surface area contributed by atoms with Crippen LogP contribution in [0.1, 0.15) is 32.1 Å². The zero-order chi connectivity index (χ0) is 16.1. The van der Waals surface area contributed by atoms with Gasteiger partial charge in [0.25, 0.3) is 0 Å². The number of methoxy groups -OCH3 is 1. The first kappa shape index (κ1) is 15.5. The Morgan fingerprint density at radius 3 is 2.96 bits per heavy atom. The fourth-order valence-electron chi connectivity index (χ4n) is 2.84. The van der Waals surface area contributed by atoms with E-state index in [9.17, 15) is 4.79 Å². The number of amides is 1. The van der Waals surface area contributed by atoms with Crippen LogP contribution in [0.4, 0.5) is 0 Å². The monoisotopic (exact) mass is 315 g/mol. The zero-order valence-corrected chi connectivity index (χ0v) is 13.2. The largest absolute Gasteiger partial charge is 0.497 e. The van der Waals surface area contributed by atoms with E-state index in [0.29, 0.717) is 5.82 Å². The molecule has 0 spiro atoms. The Balaban J connectivity index is 1.61. The molecule has 0 aliphatic heterocycles. The second-order valence-electron chi connectivity index (χ2n) is 5.78. The van der Waals surface area contributed by atoms with E-state index in [4.69, 9.17) is 4.74 Å². The van der Waals surface area contributed by atoms with E-state index in [1.807, 2.05) is 24.3 Å². The maximum Gasteiger partial charge on any atom is 0.243 e. The van der Waals surface area contributed by atoms with E-state index in [-0.39, 0.29) is 18.5 Å². The molecule has 1 aliphatic carbocycles. The Kier molecular flexibility index (Phi) is 4.85. The van der Waals surface area contributed by atoms with Crippen LogP contribution in [0.5, 0.6) is 5.75 Å². The topological polar surface area (TPSA) is 81.9 Å². The summed E-state index contributed by atoms with van der Waals surface area (Å²) in [4.78, 5) is 13.4. The summed E-state index contributed by atoms with van der Waals surface area (Å²) in [6.45, 7) is 0.0907. The Morgan fingerprint density at radius 2 is 2.17 bits per heavy atom. The molecule has 1 aliphatic rings. The van der Waals surface area contributed by atoms with Gasteiger partial charge in [-0.2, -0.15) is 4.80 Å². The number of tetrazole rings is 1. The maximum atomic E-state index is 12.1. The summed E-state index contributed by atoms with van der Waals surface area (Å²) >= 11 is 0. The first-order valence-corrected chi connectivity index (χ1v) is 7.96. The van der Waals surface area contributed by atoms with E-state index in [1.165, 1.54) is 24.1 Å². The van der Waals surface area contributed by atoms with Gasteiger partial charge >= 0.3 is 0 Å². The highest BCUT2D eigenvalue weighted by Gasteiger charge is 2.16. The lowest BCUT2D eigenvalue weighted by Crippen LogP contribution is -2.38. The number of carbonyl (C=O) groups is 1. The van der Waals surface area contributed by atoms with Gasteiger partial charge in [0, 0.05) is 11.6 Å². The molecule has 122 valence electrons. The number of aromatic nitrogens is 4. The van der Waals surface area contributed by atoms with Gasteiger partial charge in [0.1, 0.15) is 12.3 Å². The normalized spacial score (nSPS) is 15.3. The molecule has 3 rings (SSSR count). The molecule has 1 aromatic carbocycles. The van der Waals surface area contributed by atoms with Crippen molar-refractivity contribution in [2.24, 2.45) is 0 Å². The number of hydrogen-bond acceptors (Lipinski definition) is 5. The number of carbonyl (C=O) groups excluding carboxylic acids is 1. The summed E-state index contributed by atoms with van der Waals surface area (Å²) in [6.07, 6.45) is 5.76. The van der Waals surface area contributed by atoms with Crippen molar-refractivity contribution in [2.75, 3.05) is 7.11 Å². The molecule has 1 heterocycles. The van der Waals surface area contributed by atoms with Crippen LogP contribution in [0.25, 0.3) is 11.4 Å². The third-order valence-electron chi connectivity index (χ3n) is 4.04. The third kappa shape index (κ3) is 4.06. The molecular weight excluding hydrogens is 294 g/mol. The molecule has 0 bridgehead atoms. The van der Waals surface area contributed by atoms with Crippen LogP contribution in [-0.2, 0) is 11.3 Å². The van der Waals surface area contributed by atoms with Gasteiger partial charge in [-0.1, -0.05) is 31.4 Å². The average molecular weight is 315 g/mol. The fraction of sp³-hybridized carbons (Fsp3) is 0.500. The van der Waals surface area contributed by atoms with Crippen molar-refractivity contribution in [3.05, 3.63) is 24.3 Å². The lowest BCUT2D eigenvalue weighted by Gasteiger charge is -2.22. The number of nitrogens with zero attached hydrogens (tertiary/aromatic N) is 4. The molecule has 7 heteroatoms. The number of rotatable bonds is 5. The number of nitrogens with one attached hydrogen (secondary N) is 1. The second-order valence-corrected chi connectivity index (χ2v) is 5.78. The number of benzene rings is 1. The third-order valence-corrected chi connectivity index (χ3v) is 4.04. The average Bonchev–Trinajstić information content (AvgIpc) is 3.04. The van der Waals surface area contributed by atoms with Crippen LogP contribution in [0.2, 0.25) is 0 Å². The molecule has 1 saturated carbocycles. The summed E-state index contributed by atoms with van der Waals surface area (Å²) in [5.41, 5.74) is 0.809. The summed E-state index contributed by atoms with van der Waals surface area (Å²) < 4.78 is 5.19. The van der Waals surface area contributed by atoms with E-state index >= 15 is 0 Å². The molecule has 1 aromatic heterocycles. The minimum Gasteiger partial charge on any atom is -0.497 e. The highest BCUT2D eigenvalue weighted by molar-refractivity contribution is 5.75. The van der Waals surface area contributed by atoms with Crippen molar-refractivity contribution >= 4 is 5.91 Å². The van der Waals surface area contributed by atoms with Crippen molar-refractivity contribution in [1.82, 2.24) is 25.5 Å². The number of ether oxygens (including phenoxy) is 1. The van der Waals surface area contributed by atoms with Crippen LogP contribution in [0, 0.1) is 0 Å². The summed E-state index contributed by atoms with van der Waals surface area (Å²) in [5.74, 6) is 1.15. The number of hydrogen-bond donors (Lipinski definition) is 1. The van der Waals surface area contributed by atoms with Crippen molar-refractivity contribution in [2.45, 2.75) is 44.7 Å². The quantitative estimate of drug-likeness (QED) is 0.910. The minimum atomic E-state index is -0.0634. The van der Waals surface area contributed by atoms with Gasteiger partial charge in [-0.05, 0) is 30.2 Å². The Labute approximate surface area is 135 Å². The first-order valence-electron chi connectivity index (χ1n) is 7.96. The van der Waals surface area contributed by atoms with Gasteiger partial charge in [-0.15, -0.1) is 10.2 Å². The van der Waals surface area contributed by atoms with Gasteiger partial charge in [0.2, 0.25) is 11.7 Å². The van der Waals surface area contributed by atoms with Crippen LogP contribution >= 0.6 is 0 Å². The fourth-order valence-corrected chi connectivity index (χ4v) is 2.84. The van der Waals surface area contributed by atoms with Crippen molar-refractivity contribution in [1.29, 1.82) is 0 Å². The molecule has 0 radical (unpaired) electrons. The van der Waals surface area contributed by atoms with Gasteiger partial charge in [-0.3, -0.25) is 4.79 Å². The van der Waals surface area contributed by atoms with E-state index < -0.39 is 0 Å². The van der Waals surface area contributed by atoms with Gasteiger partial charge < -0.3 is 10.1 Å². The second kappa shape index (κ2) is 7.21. The molecule has 7 nitrogen and oxygen atoms in total. The van der Waals surface area contributed by atoms with E-state index in [2.05, 4.69) is 20.7 Å². The molecule has 23 heavy (non-hydrogen) atoms. The van der Waals surface area contributed by atoms with Crippen LogP contribution in [-0.4, -0.2) is 39.3 Å². The van der Waals surface area contributed by atoms with Crippen LogP contribution < -0.4 is 10.1 Å². The SMILES string of the molecule is COc1cccc(-c2nnn(CC(=O)NC3CCCCC3)n2)c1. The highest BCUT2D eigenvalue weighted by atomic mass is 16.5. The summed E-state index contributed by atoms with van der Waals surface area (Å²) in [7, 11) is 1.61. The summed E-state index contributed by atoms with van der Waals surface area (Å²) in [6, 6.07) is 7.73. The Bertz CT molecular complexity index is 664. The molecule has 0 unspecified atom stereocenters. The molecule has 1 N–H and O–H groups in total.